The van der Waals surface area contributed by atoms with E-state index in [9.17, 15) is 4.79 Å². The lowest BCUT2D eigenvalue weighted by molar-refractivity contribution is 0.0934. The van der Waals surface area contributed by atoms with Crippen LogP contribution in [0.25, 0.3) is 0 Å². The van der Waals surface area contributed by atoms with Gasteiger partial charge in [-0.2, -0.15) is 16.9 Å². The molecule has 6 heteroatoms. The maximum Gasteiger partial charge on any atom is 0.255 e. The molecule has 18 heavy (non-hydrogen) atoms. The maximum absolute atomic E-state index is 12.2. The Hall–Kier alpha value is -1.01. The van der Waals surface area contributed by atoms with Gasteiger partial charge < -0.3 is 10.4 Å². The van der Waals surface area contributed by atoms with Crippen molar-refractivity contribution in [1.82, 2.24) is 15.1 Å². The van der Waals surface area contributed by atoms with Gasteiger partial charge in [0.2, 0.25) is 0 Å². The summed E-state index contributed by atoms with van der Waals surface area (Å²) in [5.74, 6) is 0.690. The third-order valence-electron chi connectivity index (χ3n) is 2.92. The van der Waals surface area contributed by atoms with E-state index in [1.807, 2.05) is 27.2 Å². The quantitative estimate of drug-likeness (QED) is 0.806. The molecular weight excluding hydrogens is 250 g/mol. The molecule has 0 fully saturated rings. The van der Waals surface area contributed by atoms with Gasteiger partial charge in [0.1, 0.15) is 0 Å². The number of aliphatic hydroxyl groups excluding tert-OH is 1. The lowest BCUT2D eigenvalue weighted by Gasteiger charge is -2.16. The fourth-order valence-corrected chi connectivity index (χ4v) is 2.57. The zero-order valence-corrected chi connectivity index (χ0v) is 12.2. The molecule has 0 saturated heterocycles. The molecule has 0 saturated carbocycles. The smallest absolute Gasteiger partial charge is 0.255 e. The molecular formula is C12H21N3O2S. The number of hydrogen-bond donors (Lipinski definition) is 2. The van der Waals surface area contributed by atoms with E-state index in [0.717, 1.165) is 17.1 Å². The van der Waals surface area contributed by atoms with E-state index in [1.54, 1.807) is 16.4 Å². The van der Waals surface area contributed by atoms with Crippen molar-refractivity contribution in [3.8, 4) is 0 Å². The molecule has 0 aromatic carbocycles. The summed E-state index contributed by atoms with van der Waals surface area (Å²) < 4.78 is 1.71. The first kappa shape index (κ1) is 15.0. The van der Waals surface area contributed by atoms with Gasteiger partial charge in [-0.15, -0.1) is 0 Å². The van der Waals surface area contributed by atoms with Crippen LogP contribution < -0.4 is 5.32 Å². The Morgan fingerprint density at radius 3 is 2.67 bits per heavy atom. The number of aromatic nitrogens is 2. The number of thioether (sulfide) groups is 1. The molecule has 102 valence electrons. The minimum Gasteiger partial charge on any atom is -0.396 e. The summed E-state index contributed by atoms with van der Waals surface area (Å²) in [4.78, 5) is 12.2. The molecule has 1 amide bonds. The molecule has 0 bridgehead atoms. The SMILES string of the molecule is CSCC(CCO)NC(=O)c1c(C)nn(C)c1C. The molecule has 1 atom stereocenters. The van der Waals surface area contributed by atoms with E-state index in [1.165, 1.54) is 0 Å². The third-order valence-corrected chi connectivity index (χ3v) is 3.65. The standard InChI is InChI=1S/C12H21N3O2S/c1-8-11(9(2)15(3)14-8)12(17)13-10(5-6-16)7-18-4/h10,16H,5-7H2,1-4H3,(H,13,17). The Balaban J connectivity index is 2.80. The van der Waals surface area contributed by atoms with Gasteiger partial charge >= 0.3 is 0 Å². The van der Waals surface area contributed by atoms with Crippen molar-refractivity contribution < 1.29 is 9.90 Å². The highest BCUT2D eigenvalue weighted by Gasteiger charge is 2.19. The molecule has 5 nitrogen and oxygen atoms in total. The predicted octanol–water partition coefficient (Wildman–Crippen LogP) is 0.881. The number of nitrogens with zero attached hydrogens (tertiary/aromatic N) is 2. The summed E-state index contributed by atoms with van der Waals surface area (Å²) in [6.07, 6.45) is 2.56. The van der Waals surface area contributed by atoms with Crippen molar-refractivity contribution in [3.05, 3.63) is 17.0 Å². The van der Waals surface area contributed by atoms with Gasteiger partial charge in [-0.05, 0) is 26.5 Å². The van der Waals surface area contributed by atoms with Crippen LogP contribution in [0.4, 0.5) is 0 Å². The average Bonchev–Trinajstić information content (AvgIpc) is 2.53. The molecule has 0 aliphatic heterocycles. The second-order valence-corrected chi connectivity index (χ2v) is 5.22. The Bertz CT molecular complexity index is 412. The van der Waals surface area contributed by atoms with Gasteiger partial charge in [0.15, 0.2) is 0 Å². The summed E-state index contributed by atoms with van der Waals surface area (Å²) in [6, 6.07) is -0.00324. The van der Waals surface area contributed by atoms with Crippen molar-refractivity contribution >= 4 is 17.7 Å². The monoisotopic (exact) mass is 271 g/mol. The van der Waals surface area contributed by atoms with Crippen LogP contribution in [0.2, 0.25) is 0 Å². The van der Waals surface area contributed by atoms with E-state index in [-0.39, 0.29) is 18.6 Å². The lowest BCUT2D eigenvalue weighted by atomic mass is 10.1. The van der Waals surface area contributed by atoms with Crippen molar-refractivity contribution in [1.29, 1.82) is 0 Å². The number of nitrogens with one attached hydrogen (secondary N) is 1. The summed E-state index contributed by atoms with van der Waals surface area (Å²) in [6.45, 7) is 3.79. The van der Waals surface area contributed by atoms with Crippen LogP contribution >= 0.6 is 11.8 Å². The summed E-state index contributed by atoms with van der Waals surface area (Å²) in [7, 11) is 1.83. The van der Waals surface area contributed by atoms with Gasteiger partial charge in [0, 0.05) is 31.1 Å². The first-order chi connectivity index (χ1) is 8.51. The molecule has 0 spiro atoms. The number of carbonyl (C=O) groups is 1. The van der Waals surface area contributed by atoms with Gasteiger partial charge in [0.25, 0.3) is 5.91 Å². The van der Waals surface area contributed by atoms with Crippen molar-refractivity contribution in [2.45, 2.75) is 26.3 Å². The Morgan fingerprint density at radius 1 is 1.56 bits per heavy atom. The Morgan fingerprint density at radius 2 is 2.22 bits per heavy atom. The number of aliphatic hydroxyl groups is 1. The van der Waals surface area contributed by atoms with Crippen LogP contribution in [0.15, 0.2) is 0 Å². The first-order valence-electron chi connectivity index (χ1n) is 5.92. The highest BCUT2D eigenvalue weighted by molar-refractivity contribution is 7.98. The van der Waals surface area contributed by atoms with Crippen molar-refractivity contribution in [2.75, 3.05) is 18.6 Å². The molecule has 1 heterocycles. The van der Waals surface area contributed by atoms with Crippen LogP contribution in [0.3, 0.4) is 0 Å². The molecule has 1 aromatic heterocycles. The van der Waals surface area contributed by atoms with Crippen molar-refractivity contribution in [3.63, 3.8) is 0 Å². The predicted molar refractivity (Wildman–Crippen MR) is 74.0 cm³/mol. The normalized spacial score (nSPS) is 12.5. The van der Waals surface area contributed by atoms with E-state index in [2.05, 4.69) is 10.4 Å². The van der Waals surface area contributed by atoms with Crippen LogP contribution in [0.5, 0.6) is 0 Å². The molecule has 1 rings (SSSR count). The zero-order chi connectivity index (χ0) is 13.7. The van der Waals surface area contributed by atoms with Gasteiger partial charge in [-0.25, -0.2) is 0 Å². The van der Waals surface area contributed by atoms with Crippen LogP contribution in [0, 0.1) is 13.8 Å². The maximum atomic E-state index is 12.2. The van der Waals surface area contributed by atoms with E-state index < -0.39 is 0 Å². The topological polar surface area (TPSA) is 67.2 Å². The molecule has 1 aromatic rings. The number of aryl methyl sites for hydroxylation is 2. The Labute approximate surface area is 112 Å². The minimum atomic E-state index is -0.106. The lowest BCUT2D eigenvalue weighted by Crippen LogP contribution is -2.37. The molecule has 0 aliphatic rings. The minimum absolute atomic E-state index is 0.00324. The van der Waals surface area contributed by atoms with Crippen LogP contribution in [0.1, 0.15) is 28.2 Å². The van der Waals surface area contributed by atoms with Gasteiger partial charge in [-0.3, -0.25) is 9.48 Å². The number of rotatable bonds is 6. The molecule has 2 N–H and O–H groups in total. The summed E-state index contributed by atoms with van der Waals surface area (Å²) >= 11 is 1.65. The van der Waals surface area contributed by atoms with E-state index in [4.69, 9.17) is 5.11 Å². The van der Waals surface area contributed by atoms with Crippen LogP contribution in [-0.4, -0.2) is 45.5 Å². The fraction of sp³-hybridized carbons (Fsp3) is 0.667. The highest BCUT2D eigenvalue weighted by Crippen LogP contribution is 2.12. The molecule has 0 radical (unpaired) electrons. The molecule has 1 unspecified atom stereocenters. The second-order valence-electron chi connectivity index (χ2n) is 4.31. The number of carbonyl (C=O) groups excluding carboxylic acids is 1. The first-order valence-corrected chi connectivity index (χ1v) is 7.31. The van der Waals surface area contributed by atoms with Crippen LogP contribution in [-0.2, 0) is 7.05 Å². The third kappa shape index (κ3) is 3.49. The number of hydrogen-bond acceptors (Lipinski definition) is 4. The zero-order valence-electron chi connectivity index (χ0n) is 11.4. The summed E-state index contributed by atoms with van der Waals surface area (Å²) in [5, 5.41) is 16.2. The van der Waals surface area contributed by atoms with E-state index in [0.29, 0.717) is 12.0 Å². The van der Waals surface area contributed by atoms with Crippen molar-refractivity contribution in [2.24, 2.45) is 7.05 Å². The van der Waals surface area contributed by atoms with Gasteiger partial charge in [-0.1, -0.05) is 0 Å². The molecule has 0 aliphatic carbocycles. The fourth-order valence-electron chi connectivity index (χ4n) is 1.91. The van der Waals surface area contributed by atoms with E-state index >= 15 is 0 Å². The highest BCUT2D eigenvalue weighted by atomic mass is 32.2. The number of amides is 1. The second kappa shape index (κ2) is 6.80. The summed E-state index contributed by atoms with van der Waals surface area (Å²) in [5.41, 5.74) is 2.23. The Kier molecular flexibility index (Phi) is 5.68. The van der Waals surface area contributed by atoms with Gasteiger partial charge in [0.05, 0.1) is 11.3 Å². The average molecular weight is 271 g/mol. The largest absolute Gasteiger partial charge is 0.396 e.